The van der Waals surface area contributed by atoms with E-state index in [0.29, 0.717) is 28.0 Å². The monoisotopic (exact) mass is 396 g/mol. The summed E-state index contributed by atoms with van der Waals surface area (Å²) >= 11 is 0. The van der Waals surface area contributed by atoms with Gasteiger partial charge in [-0.3, -0.25) is 4.79 Å². The van der Waals surface area contributed by atoms with E-state index in [9.17, 15) is 15.0 Å². The predicted octanol–water partition coefficient (Wildman–Crippen LogP) is 6.38. The van der Waals surface area contributed by atoms with Crippen molar-refractivity contribution >= 4 is 16.6 Å². The summed E-state index contributed by atoms with van der Waals surface area (Å²) in [5.41, 5.74) is 6.07. The first-order chi connectivity index (χ1) is 14.3. The van der Waals surface area contributed by atoms with Gasteiger partial charge in [-0.1, -0.05) is 36.4 Å². The van der Waals surface area contributed by atoms with E-state index >= 15 is 0 Å². The molecule has 3 heteroatoms. The van der Waals surface area contributed by atoms with Crippen molar-refractivity contribution in [1.29, 1.82) is 0 Å². The highest BCUT2D eigenvalue weighted by Crippen LogP contribution is 2.36. The number of hydrogen-bond acceptors (Lipinski definition) is 3. The molecule has 4 aromatic rings. The Labute approximate surface area is 176 Å². The number of phenols is 2. The van der Waals surface area contributed by atoms with Crippen molar-refractivity contribution in [2.45, 2.75) is 27.7 Å². The molecular weight excluding hydrogens is 372 g/mol. The van der Waals surface area contributed by atoms with Crippen LogP contribution in [0.5, 0.6) is 11.5 Å². The van der Waals surface area contributed by atoms with Gasteiger partial charge in [0.25, 0.3) is 0 Å². The summed E-state index contributed by atoms with van der Waals surface area (Å²) in [6.45, 7) is 7.36. The molecule has 0 unspecified atom stereocenters. The second kappa shape index (κ2) is 7.34. The summed E-state index contributed by atoms with van der Waals surface area (Å²) in [5.74, 6) is 0.442. The van der Waals surface area contributed by atoms with Gasteiger partial charge in [-0.05, 0) is 90.7 Å². The van der Waals surface area contributed by atoms with Crippen LogP contribution in [0.2, 0.25) is 0 Å². The zero-order valence-corrected chi connectivity index (χ0v) is 17.6. The fraction of sp³-hybridized carbons (Fsp3) is 0.148. The molecule has 30 heavy (non-hydrogen) atoms. The molecule has 2 N–H and O–H groups in total. The SMILES string of the molecule is Cc1cc(C(=O)c2cccc3cccc(-c4cc(C)c(O)c(C)c4)c23)cc(C)c1O. The standard InChI is InChI=1S/C27H24O3/c1-15-11-20(12-16(2)25(15)28)22-9-5-7-19-8-6-10-23(24(19)22)27(30)21-13-17(3)26(29)18(4)14-21/h5-14,28-29H,1-4H3. The molecular formula is C27H24O3. The van der Waals surface area contributed by atoms with E-state index in [1.807, 2.05) is 62.4 Å². The average Bonchev–Trinajstić information content (AvgIpc) is 2.73. The molecule has 0 saturated heterocycles. The Hall–Kier alpha value is -3.59. The topological polar surface area (TPSA) is 57.5 Å². The zero-order valence-electron chi connectivity index (χ0n) is 17.6. The van der Waals surface area contributed by atoms with Crippen LogP contribution in [-0.4, -0.2) is 16.0 Å². The summed E-state index contributed by atoms with van der Waals surface area (Å²) < 4.78 is 0. The van der Waals surface area contributed by atoms with Crippen LogP contribution < -0.4 is 0 Å². The highest BCUT2D eigenvalue weighted by Gasteiger charge is 2.18. The lowest BCUT2D eigenvalue weighted by Gasteiger charge is -2.14. The third-order valence-electron chi connectivity index (χ3n) is 5.70. The van der Waals surface area contributed by atoms with Crippen LogP contribution in [0.3, 0.4) is 0 Å². The molecule has 0 radical (unpaired) electrons. The summed E-state index contributed by atoms with van der Waals surface area (Å²) in [5, 5.41) is 22.1. The first-order valence-corrected chi connectivity index (χ1v) is 9.95. The lowest BCUT2D eigenvalue weighted by molar-refractivity contribution is 0.104. The average molecular weight is 396 g/mol. The van der Waals surface area contributed by atoms with E-state index in [1.54, 1.807) is 26.0 Å². The van der Waals surface area contributed by atoms with Crippen LogP contribution in [0.4, 0.5) is 0 Å². The van der Waals surface area contributed by atoms with Crippen molar-refractivity contribution in [3.8, 4) is 22.6 Å². The lowest BCUT2D eigenvalue weighted by atomic mass is 9.89. The summed E-state index contributed by atoms with van der Waals surface area (Å²) in [7, 11) is 0. The number of fused-ring (bicyclic) bond motifs is 1. The second-order valence-electron chi connectivity index (χ2n) is 7.96. The molecule has 3 nitrogen and oxygen atoms in total. The number of rotatable bonds is 3. The molecule has 4 aromatic carbocycles. The molecule has 0 aliphatic carbocycles. The maximum Gasteiger partial charge on any atom is 0.193 e. The van der Waals surface area contributed by atoms with Gasteiger partial charge in [-0.15, -0.1) is 0 Å². The van der Waals surface area contributed by atoms with Gasteiger partial charge in [0.1, 0.15) is 11.5 Å². The molecule has 0 fully saturated rings. The fourth-order valence-electron chi connectivity index (χ4n) is 4.12. The van der Waals surface area contributed by atoms with Gasteiger partial charge in [-0.2, -0.15) is 0 Å². The first kappa shape index (κ1) is 19.7. The Morgan fingerprint density at radius 3 is 1.77 bits per heavy atom. The normalized spacial score (nSPS) is 11.1. The minimum Gasteiger partial charge on any atom is -0.507 e. The molecule has 0 bridgehead atoms. The van der Waals surface area contributed by atoms with Crippen molar-refractivity contribution in [2.24, 2.45) is 0 Å². The Balaban J connectivity index is 1.98. The molecule has 150 valence electrons. The summed E-state index contributed by atoms with van der Waals surface area (Å²) in [6, 6.07) is 19.1. The molecule has 0 aliphatic rings. The summed E-state index contributed by atoms with van der Waals surface area (Å²) in [4.78, 5) is 13.5. The number of ketones is 1. The van der Waals surface area contributed by atoms with Crippen molar-refractivity contribution < 1.29 is 15.0 Å². The number of aromatic hydroxyl groups is 2. The van der Waals surface area contributed by atoms with Crippen molar-refractivity contribution in [3.05, 3.63) is 94.0 Å². The molecule has 0 atom stereocenters. The second-order valence-corrected chi connectivity index (χ2v) is 7.96. The smallest absolute Gasteiger partial charge is 0.193 e. The minimum absolute atomic E-state index is 0.0773. The van der Waals surface area contributed by atoms with E-state index in [2.05, 4.69) is 0 Å². The van der Waals surface area contributed by atoms with Gasteiger partial charge in [0.15, 0.2) is 5.78 Å². The Morgan fingerprint density at radius 1 is 0.700 bits per heavy atom. The maximum absolute atomic E-state index is 13.5. The van der Waals surface area contributed by atoms with Gasteiger partial charge < -0.3 is 10.2 Å². The third kappa shape index (κ3) is 3.22. The number of carbonyl (C=O) groups is 1. The van der Waals surface area contributed by atoms with Crippen LogP contribution in [0.25, 0.3) is 21.9 Å². The Bertz CT molecular complexity index is 1260. The van der Waals surface area contributed by atoms with E-state index < -0.39 is 0 Å². The van der Waals surface area contributed by atoms with Crippen LogP contribution in [0, 0.1) is 27.7 Å². The molecule has 0 saturated carbocycles. The van der Waals surface area contributed by atoms with Crippen molar-refractivity contribution in [1.82, 2.24) is 0 Å². The molecule has 0 spiro atoms. The number of aryl methyl sites for hydroxylation is 4. The number of phenolic OH excluding ortho intramolecular Hbond substituents is 2. The molecule has 4 rings (SSSR count). The van der Waals surface area contributed by atoms with Crippen molar-refractivity contribution in [2.75, 3.05) is 0 Å². The quantitative estimate of drug-likeness (QED) is 0.395. The largest absolute Gasteiger partial charge is 0.507 e. The number of hydrogen-bond donors (Lipinski definition) is 2. The van der Waals surface area contributed by atoms with E-state index in [0.717, 1.165) is 33.0 Å². The highest BCUT2D eigenvalue weighted by molar-refractivity contribution is 6.19. The van der Waals surface area contributed by atoms with Gasteiger partial charge in [-0.25, -0.2) is 0 Å². The first-order valence-electron chi connectivity index (χ1n) is 9.95. The van der Waals surface area contributed by atoms with Gasteiger partial charge in [0, 0.05) is 16.5 Å². The number of benzene rings is 4. The van der Waals surface area contributed by atoms with Crippen LogP contribution in [0.15, 0.2) is 60.7 Å². The van der Waals surface area contributed by atoms with Crippen LogP contribution in [0.1, 0.15) is 38.2 Å². The van der Waals surface area contributed by atoms with E-state index in [1.165, 1.54) is 0 Å². The minimum atomic E-state index is -0.0773. The molecule has 0 aromatic heterocycles. The van der Waals surface area contributed by atoms with E-state index in [4.69, 9.17) is 0 Å². The van der Waals surface area contributed by atoms with Crippen molar-refractivity contribution in [3.63, 3.8) is 0 Å². The van der Waals surface area contributed by atoms with Gasteiger partial charge in [0.05, 0.1) is 0 Å². The maximum atomic E-state index is 13.5. The van der Waals surface area contributed by atoms with Crippen LogP contribution >= 0.6 is 0 Å². The zero-order chi connectivity index (χ0) is 21.6. The molecule has 0 aliphatic heterocycles. The number of carbonyl (C=O) groups excluding carboxylic acids is 1. The molecule has 0 amide bonds. The molecule has 0 heterocycles. The van der Waals surface area contributed by atoms with Gasteiger partial charge in [0.2, 0.25) is 0 Å². The Kier molecular flexibility index (Phi) is 4.83. The van der Waals surface area contributed by atoms with Crippen LogP contribution in [-0.2, 0) is 0 Å². The van der Waals surface area contributed by atoms with Gasteiger partial charge >= 0.3 is 0 Å². The fourth-order valence-corrected chi connectivity index (χ4v) is 4.12. The predicted molar refractivity (Wildman–Crippen MR) is 122 cm³/mol. The Morgan fingerprint density at radius 2 is 1.20 bits per heavy atom. The van der Waals surface area contributed by atoms with E-state index in [-0.39, 0.29) is 11.5 Å². The highest BCUT2D eigenvalue weighted by atomic mass is 16.3. The summed E-state index contributed by atoms with van der Waals surface area (Å²) in [6.07, 6.45) is 0. The lowest BCUT2D eigenvalue weighted by Crippen LogP contribution is -2.04. The third-order valence-corrected chi connectivity index (χ3v) is 5.70.